The Bertz CT molecular complexity index is 419. The molecule has 1 aliphatic rings. The van der Waals surface area contributed by atoms with Gasteiger partial charge in [-0.25, -0.2) is 0 Å². The maximum Gasteiger partial charge on any atom is 0.133 e. The molecule has 1 aliphatic heterocycles. The Balaban J connectivity index is 2.00. The van der Waals surface area contributed by atoms with Crippen LogP contribution in [0.1, 0.15) is 44.2 Å². The van der Waals surface area contributed by atoms with Crippen molar-refractivity contribution in [1.29, 1.82) is 0 Å². The molecule has 0 bridgehead atoms. The van der Waals surface area contributed by atoms with Crippen LogP contribution in [0.25, 0.3) is 0 Å². The van der Waals surface area contributed by atoms with E-state index in [0.29, 0.717) is 12.1 Å². The number of halogens is 1. The van der Waals surface area contributed by atoms with E-state index < -0.39 is 0 Å². The lowest BCUT2D eigenvalue weighted by atomic mass is 9.99. The van der Waals surface area contributed by atoms with Crippen LogP contribution in [-0.2, 0) is 4.74 Å². The fourth-order valence-electron chi connectivity index (χ4n) is 2.76. The van der Waals surface area contributed by atoms with Crippen molar-refractivity contribution >= 4 is 15.9 Å². The topological polar surface area (TPSA) is 30.5 Å². The third kappa shape index (κ3) is 4.21. The van der Waals surface area contributed by atoms with Gasteiger partial charge in [0.25, 0.3) is 0 Å². The molecular weight excluding hydrogens is 318 g/mol. The van der Waals surface area contributed by atoms with E-state index in [0.717, 1.165) is 36.2 Å². The second-order valence-electron chi connectivity index (χ2n) is 5.22. The molecule has 0 saturated carbocycles. The molecule has 20 heavy (non-hydrogen) atoms. The number of methoxy groups -OCH3 is 1. The summed E-state index contributed by atoms with van der Waals surface area (Å²) in [5, 5.41) is 3.57. The lowest BCUT2D eigenvalue weighted by Gasteiger charge is -2.21. The number of hydrogen-bond donors (Lipinski definition) is 1. The summed E-state index contributed by atoms with van der Waals surface area (Å²) >= 11 is 3.57. The van der Waals surface area contributed by atoms with Crippen LogP contribution in [0.4, 0.5) is 0 Å². The summed E-state index contributed by atoms with van der Waals surface area (Å²) in [7, 11) is 1.69. The molecule has 2 atom stereocenters. The molecule has 0 radical (unpaired) electrons. The summed E-state index contributed by atoms with van der Waals surface area (Å²) in [5.74, 6) is 0.878. The Morgan fingerprint density at radius 2 is 2.35 bits per heavy atom. The van der Waals surface area contributed by atoms with Gasteiger partial charge in [0.05, 0.1) is 17.7 Å². The van der Waals surface area contributed by atoms with Crippen LogP contribution in [0.3, 0.4) is 0 Å². The first kappa shape index (κ1) is 15.8. The van der Waals surface area contributed by atoms with Crippen LogP contribution in [0, 0.1) is 0 Å². The summed E-state index contributed by atoms with van der Waals surface area (Å²) in [4.78, 5) is 0. The highest BCUT2D eigenvalue weighted by Crippen LogP contribution is 2.30. The number of nitrogens with one attached hydrogen (secondary N) is 1. The van der Waals surface area contributed by atoms with Crippen molar-refractivity contribution in [3.8, 4) is 5.75 Å². The van der Waals surface area contributed by atoms with E-state index in [1.165, 1.54) is 18.4 Å². The van der Waals surface area contributed by atoms with Gasteiger partial charge < -0.3 is 14.8 Å². The Hall–Kier alpha value is -0.580. The molecular formula is C16H24BrNO2. The van der Waals surface area contributed by atoms with Crippen LogP contribution in [0.15, 0.2) is 22.7 Å². The minimum Gasteiger partial charge on any atom is -0.496 e. The van der Waals surface area contributed by atoms with Crippen molar-refractivity contribution in [3.63, 3.8) is 0 Å². The highest BCUT2D eigenvalue weighted by Gasteiger charge is 2.19. The van der Waals surface area contributed by atoms with Gasteiger partial charge in [0.15, 0.2) is 0 Å². The van der Waals surface area contributed by atoms with Crippen LogP contribution in [-0.4, -0.2) is 26.4 Å². The highest BCUT2D eigenvalue weighted by atomic mass is 79.9. The van der Waals surface area contributed by atoms with Crippen molar-refractivity contribution in [3.05, 3.63) is 28.2 Å². The van der Waals surface area contributed by atoms with Crippen LogP contribution in [0.2, 0.25) is 0 Å². The van der Waals surface area contributed by atoms with Crippen molar-refractivity contribution < 1.29 is 9.47 Å². The Kier molecular flexibility index (Phi) is 6.33. The summed E-state index contributed by atoms with van der Waals surface area (Å²) in [6.45, 7) is 4.06. The van der Waals surface area contributed by atoms with E-state index in [4.69, 9.17) is 9.47 Å². The van der Waals surface area contributed by atoms with E-state index >= 15 is 0 Å². The first-order chi connectivity index (χ1) is 9.74. The molecule has 4 heteroatoms. The molecule has 0 aromatic heterocycles. The van der Waals surface area contributed by atoms with E-state index in [1.54, 1.807) is 7.11 Å². The van der Waals surface area contributed by atoms with Gasteiger partial charge in [0.1, 0.15) is 5.75 Å². The van der Waals surface area contributed by atoms with Gasteiger partial charge in [-0.3, -0.25) is 0 Å². The average molecular weight is 342 g/mol. The third-order valence-electron chi connectivity index (χ3n) is 3.83. The number of hydrogen-bond acceptors (Lipinski definition) is 3. The summed E-state index contributed by atoms with van der Waals surface area (Å²) in [5.41, 5.74) is 1.30. The molecule has 1 N–H and O–H groups in total. The molecule has 0 amide bonds. The fraction of sp³-hybridized carbons (Fsp3) is 0.625. The number of rotatable bonds is 7. The van der Waals surface area contributed by atoms with Crippen LogP contribution < -0.4 is 10.1 Å². The van der Waals surface area contributed by atoms with E-state index in [2.05, 4.69) is 40.3 Å². The largest absolute Gasteiger partial charge is 0.496 e. The second kappa shape index (κ2) is 8.01. The molecule has 1 aromatic carbocycles. The van der Waals surface area contributed by atoms with Gasteiger partial charge in [-0.1, -0.05) is 13.0 Å². The standard InChI is InChI=1S/C16H24BrNO2/c1-3-18-15(8-7-13-5-4-10-20-13)12-6-9-16(19-2)14(17)11-12/h6,9,11,13,15,18H,3-5,7-8,10H2,1-2H3. The first-order valence-corrected chi connectivity index (χ1v) is 8.22. The zero-order valence-corrected chi connectivity index (χ0v) is 13.9. The lowest BCUT2D eigenvalue weighted by Crippen LogP contribution is -2.22. The number of benzene rings is 1. The van der Waals surface area contributed by atoms with Crippen LogP contribution >= 0.6 is 15.9 Å². The molecule has 2 rings (SSSR count). The van der Waals surface area contributed by atoms with Crippen molar-refractivity contribution in [2.75, 3.05) is 20.3 Å². The molecule has 1 heterocycles. The molecule has 1 fully saturated rings. The SMILES string of the molecule is CCNC(CCC1CCCO1)c1ccc(OC)c(Br)c1. The minimum absolute atomic E-state index is 0.381. The van der Waals surface area contributed by atoms with Crippen molar-refractivity contribution in [2.45, 2.75) is 44.8 Å². The van der Waals surface area contributed by atoms with E-state index in [9.17, 15) is 0 Å². The zero-order chi connectivity index (χ0) is 14.4. The quantitative estimate of drug-likeness (QED) is 0.810. The fourth-order valence-corrected chi connectivity index (χ4v) is 3.32. The Morgan fingerprint density at radius 1 is 1.50 bits per heavy atom. The summed E-state index contributed by atoms with van der Waals surface area (Å²) in [6.07, 6.45) is 5.12. The normalized spacial score (nSPS) is 20.1. The van der Waals surface area contributed by atoms with Gasteiger partial charge in [0, 0.05) is 12.6 Å². The molecule has 1 aromatic rings. The second-order valence-corrected chi connectivity index (χ2v) is 6.07. The predicted octanol–water partition coefficient (Wildman–Crippen LogP) is 4.07. The predicted molar refractivity (Wildman–Crippen MR) is 85.3 cm³/mol. The molecule has 0 aliphatic carbocycles. The molecule has 3 nitrogen and oxygen atoms in total. The van der Waals surface area contributed by atoms with Gasteiger partial charge in [-0.05, 0) is 65.9 Å². The van der Waals surface area contributed by atoms with Crippen molar-refractivity contribution in [1.82, 2.24) is 5.32 Å². The average Bonchev–Trinajstić information content (AvgIpc) is 2.96. The van der Waals surface area contributed by atoms with Crippen molar-refractivity contribution in [2.24, 2.45) is 0 Å². The molecule has 0 spiro atoms. The third-order valence-corrected chi connectivity index (χ3v) is 4.45. The zero-order valence-electron chi connectivity index (χ0n) is 12.3. The smallest absolute Gasteiger partial charge is 0.133 e. The lowest BCUT2D eigenvalue weighted by molar-refractivity contribution is 0.0996. The molecule has 112 valence electrons. The first-order valence-electron chi connectivity index (χ1n) is 7.43. The summed E-state index contributed by atoms with van der Waals surface area (Å²) < 4.78 is 12.0. The maximum absolute atomic E-state index is 5.72. The Labute approximate surface area is 130 Å². The van der Waals surface area contributed by atoms with Crippen LogP contribution in [0.5, 0.6) is 5.75 Å². The molecule has 1 saturated heterocycles. The highest BCUT2D eigenvalue weighted by molar-refractivity contribution is 9.10. The van der Waals surface area contributed by atoms with Gasteiger partial charge in [-0.15, -0.1) is 0 Å². The van der Waals surface area contributed by atoms with E-state index in [1.807, 2.05) is 6.07 Å². The summed E-state index contributed by atoms with van der Waals surface area (Å²) in [6, 6.07) is 6.70. The van der Waals surface area contributed by atoms with Gasteiger partial charge >= 0.3 is 0 Å². The monoisotopic (exact) mass is 341 g/mol. The maximum atomic E-state index is 5.72. The van der Waals surface area contributed by atoms with E-state index in [-0.39, 0.29) is 0 Å². The minimum atomic E-state index is 0.381. The molecule has 2 unspecified atom stereocenters. The Morgan fingerprint density at radius 3 is 2.95 bits per heavy atom. The van der Waals surface area contributed by atoms with Gasteiger partial charge in [-0.2, -0.15) is 0 Å². The van der Waals surface area contributed by atoms with Gasteiger partial charge in [0.2, 0.25) is 0 Å². The number of ether oxygens (including phenoxy) is 2.